The quantitative estimate of drug-likeness (QED) is 0.101. The van der Waals surface area contributed by atoms with E-state index in [0.717, 1.165) is 78.7 Å². The van der Waals surface area contributed by atoms with Crippen LogP contribution in [-0.4, -0.2) is 62.2 Å². The largest absolute Gasteiger partial charge is 0.493 e. The van der Waals surface area contributed by atoms with Crippen LogP contribution in [0.1, 0.15) is 80.3 Å². The summed E-state index contributed by atoms with van der Waals surface area (Å²) in [4.78, 5) is 24.3. The van der Waals surface area contributed by atoms with Crippen molar-refractivity contribution in [3.05, 3.63) is 137 Å². The van der Waals surface area contributed by atoms with Gasteiger partial charge in [0.25, 0.3) is 0 Å². The first-order chi connectivity index (χ1) is 30.1. The molecule has 2 heterocycles. The molecule has 0 bridgehead atoms. The summed E-state index contributed by atoms with van der Waals surface area (Å²) in [5.74, 6) is -0.0687. The minimum atomic E-state index is -0.963. The van der Waals surface area contributed by atoms with Gasteiger partial charge in [0.2, 0.25) is 0 Å². The fourth-order valence-electron chi connectivity index (χ4n) is 6.38. The number of carboxylic acid groups (broad SMARTS) is 2. The first kappa shape index (κ1) is 46.0. The normalized spacial score (nSPS) is 11.2. The van der Waals surface area contributed by atoms with E-state index in [9.17, 15) is 14.0 Å². The number of anilines is 1. The molecule has 0 aliphatic rings. The molecule has 0 fully saturated rings. The monoisotopic (exact) mass is 887 g/mol. The average Bonchev–Trinajstić information content (AvgIpc) is 3.98. The van der Waals surface area contributed by atoms with E-state index in [0.29, 0.717) is 24.1 Å². The van der Waals surface area contributed by atoms with E-state index >= 15 is 0 Å². The van der Waals surface area contributed by atoms with Gasteiger partial charge in [-0.15, -0.1) is 20.4 Å². The first-order valence-corrected chi connectivity index (χ1v) is 22.2. The van der Waals surface area contributed by atoms with Crippen LogP contribution in [0.3, 0.4) is 0 Å². The lowest BCUT2D eigenvalue weighted by molar-refractivity contribution is 0.0686. The molecule has 2 aromatic heterocycles. The van der Waals surface area contributed by atoms with E-state index in [1.165, 1.54) is 34.8 Å². The Morgan fingerprint density at radius 1 is 0.635 bits per heavy atom. The molecule has 11 nitrogen and oxygen atoms in total. The van der Waals surface area contributed by atoms with E-state index in [1.54, 1.807) is 60.7 Å². The van der Waals surface area contributed by atoms with Crippen LogP contribution in [0.5, 0.6) is 11.5 Å². The van der Waals surface area contributed by atoms with Gasteiger partial charge in [-0.25, -0.2) is 14.0 Å². The Labute approximate surface area is 374 Å². The SMILES string of the molecule is CC(C)COc1ccc(-c2nnc(-c3ccc(C(=O)O)cc3)s2)cc1C(C)(C)C.CCN(CC)c1cc(-c2nnc(-c3ccc(C(=O)O)cc3)s2)ccc1OCc1ccc(F)cc1. The summed E-state index contributed by atoms with van der Waals surface area (Å²) in [6, 6.07) is 31.6. The Kier molecular flexibility index (Phi) is 15.0. The van der Waals surface area contributed by atoms with E-state index < -0.39 is 11.9 Å². The van der Waals surface area contributed by atoms with Crippen LogP contribution in [0.2, 0.25) is 0 Å². The molecule has 0 spiro atoms. The zero-order chi connectivity index (χ0) is 45.3. The molecule has 0 amide bonds. The number of halogens is 1. The maximum atomic E-state index is 13.2. The number of carboxylic acids is 2. The predicted octanol–water partition coefficient (Wildman–Crippen LogP) is 12.0. The molecule has 7 aromatic rings. The number of aromatic nitrogens is 4. The van der Waals surface area contributed by atoms with Gasteiger partial charge in [-0.05, 0) is 104 Å². The van der Waals surface area contributed by atoms with Crippen molar-refractivity contribution in [3.8, 4) is 53.8 Å². The van der Waals surface area contributed by atoms with Crippen LogP contribution in [0.15, 0.2) is 109 Å². The maximum Gasteiger partial charge on any atom is 0.335 e. The van der Waals surface area contributed by atoms with Crippen LogP contribution in [0.4, 0.5) is 10.1 Å². The van der Waals surface area contributed by atoms with Crippen molar-refractivity contribution < 1.29 is 33.7 Å². The Morgan fingerprint density at radius 3 is 1.52 bits per heavy atom. The number of carbonyl (C=O) groups is 2. The number of aromatic carboxylic acids is 2. The van der Waals surface area contributed by atoms with Crippen molar-refractivity contribution in [3.63, 3.8) is 0 Å². The summed E-state index contributed by atoms with van der Waals surface area (Å²) < 4.78 is 25.3. The number of ether oxygens (including phenoxy) is 2. The van der Waals surface area contributed by atoms with Gasteiger partial charge in [0.1, 0.15) is 44.0 Å². The summed E-state index contributed by atoms with van der Waals surface area (Å²) in [5.41, 5.74) is 6.98. The first-order valence-electron chi connectivity index (χ1n) is 20.5. The van der Waals surface area contributed by atoms with Crippen molar-refractivity contribution in [2.24, 2.45) is 5.92 Å². The molecule has 0 unspecified atom stereocenters. The van der Waals surface area contributed by atoms with Crippen molar-refractivity contribution in [1.29, 1.82) is 0 Å². The minimum absolute atomic E-state index is 0.0670. The van der Waals surface area contributed by atoms with E-state index in [2.05, 4.69) is 79.8 Å². The summed E-state index contributed by atoms with van der Waals surface area (Å²) >= 11 is 2.93. The standard InChI is InChI=1S/C26H24FN3O3S.C23H26N2O3S/c1-3-30(4-2)22-15-20(11-14-23(22)33-16-17-5-12-21(27)13-6-17)25-29-28-24(34-25)18-7-9-19(10-8-18)26(31)32;1-14(2)13-28-19-11-10-17(12-18(19)23(3,4)5)21-25-24-20(29-21)15-6-8-16(9-7-15)22(26)27/h5-15H,3-4,16H2,1-2H3,(H,31,32);6-12,14H,13H2,1-5H3,(H,26,27). The lowest BCUT2D eigenvalue weighted by Gasteiger charge is -2.24. The van der Waals surface area contributed by atoms with Gasteiger partial charge < -0.3 is 24.6 Å². The fraction of sp³-hybridized carbons (Fsp3) is 0.265. The van der Waals surface area contributed by atoms with Crippen LogP contribution in [0, 0.1) is 11.7 Å². The minimum Gasteiger partial charge on any atom is -0.493 e. The van der Waals surface area contributed by atoms with Gasteiger partial charge >= 0.3 is 11.9 Å². The molecule has 63 heavy (non-hydrogen) atoms. The van der Waals surface area contributed by atoms with Gasteiger partial charge in [-0.1, -0.05) is 93.7 Å². The molecular formula is C49H50FN5O6S2. The second-order valence-electron chi connectivity index (χ2n) is 16.0. The van der Waals surface area contributed by atoms with Crippen molar-refractivity contribution in [1.82, 2.24) is 20.4 Å². The highest BCUT2D eigenvalue weighted by Gasteiger charge is 2.22. The van der Waals surface area contributed by atoms with Gasteiger partial charge in [0, 0.05) is 40.9 Å². The second kappa shape index (κ2) is 20.6. The second-order valence-corrected chi connectivity index (χ2v) is 18.0. The molecular weight excluding hydrogens is 838 g/mol. The molecule has 0 aliphatic carbocycles. The molecule has 5 aromatic carbocycles. The van der Waals surface area contributed by atoms with E-state index in [-0.39, 0.29) is 22.4 Å². The number of hydrogen-bond donors (Lipinski definition) is 2. The Balaban J connectivity index is 0.000000213. The molecule has 0 aliphatic heterocycles. The third-order valence-electron chi connectivity index (χ3n) is 9.83. The number of benzene rings is 5. The van der Waals surface area contributed by atoms with Gasteiger partial charge in [0.05, 0.1) is 23.4 Å². The molecule has 0 atom stereocenters. The van der Waals surface area contributed by atoms with Crippen molar-refractivity contribution in [2.75, 3.05) is 24.6 Å². The Bertz CT molecular complexity index is 2640. The molecule has 2 N–H and O–H groups in total. The summed E-state index contributed by atoms with van der Waals surface area (Å²) in [5, 5.41) is 38.5. The molecule has 14 heteroatoms. The highest BCUT2D eigenvalue weighted by atomic mass is 32.1. The highest BCUT2D eigenvalue weighted by molar-refractivity contribution is 7.18. The molecule has 7 rings (SSSR count). The van der Waals surface area contributed by atoms with Crippen molar-refractivity contribution >= 4 is 40.3 Å². The van der Waals surface area contributed by atoms with E-state index in [4.69, 9.17) is 19.7 Å². The fourth-order valence-corrected chi connectivity index (χ4v) is 8.07. The molecule has 0 saturated heterocycles. The Hall–Kier alpha value is -6.51. The third-order valence-corrected chi connectivity index (χ3v) is 11.9. The lowest BCUT2D eigenvalue weighted by Crippen LogP contribution is -2.22. The van der Waals surface area contributed by atoms with Gasteiger partial charge in [-0.2, -0.15) is 0 Å². The van der Waals surface area contributed by atoms with Gasteiger partial charge in [-0.3, -0.25) is 0 Å². The van der Waals surface area contributed by atoms with Crippen LogP contribution in [0.25, 0.3) is 42.3 Å². The Morgan fingerprint density at radius 2 is 1.08 bits per heavy atom. The van der Waals surface area contributed by atoms with Crippen LogP contribution in [-0.2, 0) is 12.0 Å². The number of hydrogen-bond acceptors (Lipinski definition) is 11. The lowest BCUT2D eigenvalue weighted by atomic mass is 9.85. The molecule has 326 valence electrons. The zero-order valence-electron chi connectivity index (χ0n) is 36.3. The third kappa shape index (κ3) is 11.9. The summed E-state index contributed by atoms with van der Waals surface area (Å²) in [6.07, 6.45) is 0. The maximum absolute atomic E-state index is 13.2. The van der Waals surface area contributed by atoms with Crippen LogP contribution >= 0.6 is 22.7 Å². The smallest absolute Gasteiger partial charge is 0.335 e. The zero-order valence-corrected chi connectivity index (χ0v) is 37.9. The van der Waals surface area contributed by atoms with E-state index in [1.807, 2.05) is 30.3 Å². The predicted molar refractivity (Wildman–Crippen MR) is 249 cm³/mol. The highest BCUT2D eigenvalue weighted by Crippen LogP contribution is 2.39. The molecule has 0 radical (unpaired) electrons. The number of nitrogens with zero attached hydrogens (tertiary/aromatic N) is 5. The topological polar surface area (TPSA) is 148 Å². The summed E-state index contributed by atoms with van der Waals surface area (Å²) in [6.45, 7) is 17.6. The summed E-state index contributed by atoms with van der Waals surface area (Å²) in [7, 11) is 0. The van der Waals surface area contributed by atoms with Crippen LogP contribution < -0.4 is 14.4 Å². The van der Waals surface area contributed by atoms with Crippen molar-refractivity contribution in [2.45, 2.75) is 60.5 Å². The van der Waals surface area contributed by atoms with Gasteiger partial charge in [0.15, 0.2) is 0 Å². The number of rotatable bonds is 15. The molecule has 0 saturated carbocycles. The average molecular weight is 888 g/mol.